The highest BCUT2D eigenvalue weighted by atomic mass is 32.1. The van der Waals surface area contributed by atoms with Crippen molar-refractivity contribution in [3.8, 4) is 0 Å². The number of fused-ring (bicyclic) bond motifs is 3. The van der Waals surface area contributed by atoms with Crippen molar-refractivity contribution in [2.45, 2.75) is 6.61 Å². The van der Waals surface area contributed by atoms with E-state index in [4.69, 9.17) is 4.74 Å². The molecule has 0 atom stereocenters. The van der Waals surface area contributed by atoms with E-state index in [2.05, 4.69) is 102 Å². The Labute approximate surface area is 246 Å². The second kappa shape index (κ2) is 11.0. The molecule has 2 heterocycles. The molecule has 0 spiro atoms. The lowest BCUT2D eigenvalue weighted by Crippen LogP contribution is -2.06. The maximum Gasteiger partial charge on any atom is 0.150 e. The molecule has 0 amide bonds. The fraction of sp³-hybridized carbons (Fsp3) is 0.0278. The number of anilines is 3. The zero-order chi connectivity index (χ0) is 27.6. The summed E-state index contributed by atoms with van der Waals surface area (Å²) in [5, 5.41) is 7.25. The fourth-order valence-electron chi connectivity index (χ4n) is 5.06. The van der Waals surface area contributed by atoms with Gasteiger partial charge in [0.1, 0.15) is 22.9 Å². The summed E-state index contributed by atoms with van der Waals surface area (Å²) in [6.45, 7) is 0.355. The third-order valence-electron chi connectivity index (χ3n) is 7.15. The normalized spacial score (nSPS) is 11.5. The van der Waals surface area contributed by atoms with Crippen LogP contribution >= 0.6 is 22.7 Å². The topological polar surface area (TPSA) is 29.5 Å². The summed E-state index contributed by atoms with van der Waals surface area (Å²) in [6.07, 6.45) is 4.52. The van der Waals surface area contributed by atoms with Gasteiger partial charge in [0, 0.05) is 20.7 Å². The van der Waals surface area contributed by atoms with E-state index in [1.807, 2.05) is 46.9 Å². The Hall–Kier alpha value is -4.71. The van der Waals surface area contributed by atoms with Crippen LogP contribution in [0.25, 0.3) is 37.0 Å². The average molecular weight is 568 g/mol. The van der Waals surface area contributed by atoms with E-state index in [-0.39, 0.29) is 0 Å². The van der Waals surface area contributed by atoms with E-state index in [0.717, 1.165) is 28.5 Å². The molecular weight excluding hydrogens is 543 g/mol. The summed E-state index contributed by atoms with van der Waals surface area (Å²) < 4.78 is 8.29. The van der Waals surface area contributed by atoms with Crippen LogP contribution in [0.2, 0.25) is 0 Å². The first-order chi connectivity index (χ1) is 20.2. The third-order valence-corrected chi connectivity index (χ3v) is 9.35. The number of benzene rings is 5. The van der Waals surface area contributed by atoms with Crippen LogP contribution in [0.1, 0.15) is 21.5 Å². The molecule has 7 rings (SSSR count). The second-order valence-corrected chi connectivity index (χ2v) is 11.9. The number of hydrogen-bond acceptors (Lipinski definition) is 5. The van der Waals surface area contributed by atoms with Crippen molar-refractivity contribution in [3.63, 3.8) is 0 Å². The highest BCUT2D eigenvalue weighted by Crippen LogP contribution is 2.46. The minimum atomic E-state index is 0.355. The molecule has 0 aliphatic rings. The molecule has 0 aliphatic carbocycles. The Balaban J connectivity index is 1.20. The Morgan fingerprint density at radius 3 is 1.98 bits per heavy atom. The number of nitrogens with zero attached hydrogens (tertiary/aromatic N) is 1. The van der Waals surface area contributed by atoms with Gasteiger partial charge in [-0.25, -0.2) is 0 Å². The van der Waals surface area contributed by atoms with Gasteiger partial charge in [-0.05, 0) is 81.2 Å². The summed E-state index contributed by atoms with van der Waals surface area (Å²) in [5.74, 6) is 0. The van der Waals surface area contributed by atoms with Crippen LogP contribution < -0.4 is 4.90 Å². The van der Waals surface area contributed by atoms with Crippen LogP contribution in [-0.4, -0.2) is 6.29 Å². The van der Waals surface area contributed by atoms with Gasteiger partial charge in [0.15, 0.2) is 0 Å². The first kappa shape index (κ1) is 25.3. The van der Waals surface area contributed by atoms with Gasteiger partial charge in [-0.3, -0.25) is 9.69 Å². The van der Waals surface area contributed by atoms with Crippen LogP contribution in [-0.2, 0) is 11.3 Å². The molecule has 2 aromatic heterocycles. The van der Waals surface area contributed by atoms with Crippen LogP contribution in [0, 0.1) is 0 Å². The molecule has 0 N–H and O–H groups in total. The van der Waals surface area contributed by atoms with Crippen molar-refractivity contribution in [1.82, 2.24) is 0 Å². The molecular formula is C36H25NO2S2. The third kappa shape index (κ3) is 5.13. The molecule has 0 bridgehead atoms. The van der Waals surface area contributed by atoms with Gasteiger partial charge in [0.2, 0.25) is 0 Å². The molecule has 0 fully saturated rings. The molecule has 0 saturated carbocycles. The van der Waals surface area contributed by atoms with Gasteiger partial charge in [-0.15, -0.1) is 22.7 Å². The van der Waals surface area contributed by atoms with Crippen molar-refractivity contribution in [1.29, 1.82) is 0 Å². The van der Waals surface area contributed by atoms with Crippen molar-refractivity contribution < 1.29 is 9.53 Å². The molecule has 7 aromatic rings. The van der Waals surface area contributed by atoms with Crippen molar-refractivity contribution in [3.05, 3.63) is 144 Å². The van der Waals surface area contributed by atoms with Crippen molar-refractivity contribution in [2.75, 3.05) is 4.90 Å². The summed E-state index contributed by atoms with van der Waals surface area (Å²) in [5.41, 5.74) is 3.72. The van der Waals surface area contributed by atoms with Gasteiger partial charge >= 0.3 is 0 Å². The van der Waals surface area contributed by atoms with Crippen molar-refractivity contribution >= 4 is 81.7 Å². The minimum absolute atomic E-state index is 0.355. The van der Waals surface area contributed by atoms with E-state index >= 15 is 0 Å². The van der Waals surface area contributed by atoms with Crippen molar-refractivity contribution in [2.24, 2.45) is 0 Å². The number of aldehydes is 1. The summed E-state index contributed by atoms with van der Waals surface area (Å²) in [7, 11) is 0. The van der Waals surface area contributed by atoms with Gasteiger partial charge < -0.3 is 4.74 Å². The van der Waals surface area contributed by atoms with E-state index < -0.39 is 0 Å². The number of ether oxygens (including phenoxy) is 1. The number of carbonyl (C=O) groups is 1. The van der Waals surface area contributed by atoms with E-state index in [9.17, 15) is 4.79 Å². The highest BCUT2D eigenvalue weighted by Gasteiger charge is 2.18. The molecule has 5 aromatic carbocycles. The van der Waals surface area contributed by atoms with Crippen LogP contribution in [0.3, 0.4) is 0 Å². The lowest BCUT2D eigenvalue weighted by Gasteiger charge is -2.22. The minimum Gasteiger partial charge on any atom is -0.496 e. The fourth-order valence-corrected chi connectivity index (χ4v) is 7.31. The molecule has 0 radical (unpaired) electrons. The molecule has 5 heteroatoms. The van der Waals surface area contributed by atoms with Gasteiger partial charge in [-0.2, -0.15) is 0 Å². The number of hydrogen-bond donors (Lipinski definition) is 0. The largest absolute Gasteiger partial charge is 0.496 e. The SMILES string of the molecule is O=Cc1ccccc1COC=Cc1ccc2cc(N(c3cc4ccccc4s3)c3cc4ccccc4s3)ccc2c1. The molecule has 198 valence electrons. The lowest BCUT2D eigenvalue weighted by molar-refractivity contribution is 0.112. The Morgan fingerprint density at radius 2 is 1.27 bits per heavy atom. The molecule has 41 heavy (non-hydrogen) atoms. The summed E-state index contributed by atoms with van der Waals surface area (Å²) in [4.78, 5) is 13.6. The molecule has 3 nitrogen and oxygen atoms in total. The first-order valence-corrected chi connectivity index (χ1v) is 15.0. The predicted molar refractivity (Wildman–Crippen MR) is 175 cm³/mol. The van der Waals surface area contributed by atoms with Crippen LogP contribution in [0.4, 0.5) is 15.7 Å². The molecule has 0 aliphatic heterocycles. The highest BCUT2D eigenvalue weighted by molar-refractivity contribution is 7.25. The van der Waals surface area contributed by atoms with E-state index in [0.29, 0.717) is 12.2 Å². The zero-order valence-corrected chi connectivity index (χ0v) is 23.7. The summed E-state index contributed by atoms with van der Waals surface area (Å²) >= 11 is 3.63. The number of thiophene rings is 2. The Bertz CT molecular complexity index is 1910. The smallest absolute Gasteiger partial charge is 0.150 e. The molecule has 0 unspecified atom stereocenters. The second-order valence-electron chi connectivity index (χ2n) is 9.80. The number of rotatable bonds is 8. The first-order valence-electron chi connectivity index (χ1n) is 13.4. The predicted octanol–water partition coefficient (Wildman–Crippen LogP) is 10.7. The zero-order valence-electron chi connectivity index (χ0n) is 22.1. The lowest BCUT2D eigenvalue weighted by atomic mass is 10.1. The van der Waals surface area contributed by atoms with Gasteiger partial charge in [0.25, 0.3) is 0 Å². The monoisotopic (exact) mass is 567 g/mol. The Kier molecular flexibility index (Phi) is 6.81. The van der Waals surface area contributed by atoms with Gasteiger partial charge in [-0.1, -0.05) is 78.9 Å². The number of carbonyl (C=O) groups excluding carboxylic acids is 1. The standard InChI is InChI=1S/C36H25NO2S2/c38-23-30-9-1-2-10-31(30)24-39-18-17-25-13-14-27-20-32(16-15-26(27)19-25)37(35-21-28-7-3-5-11-33(28)40-35)36-22-29-8-4-6-12-34(29)41-36/h1-23H,24H2. The van der Waals surface area contributed by atoms with Crippen LogP contribution in [0.15, 0.2) is 128 Å². The average Bonchev–Trinajstić information content (AvgIpc) is 3.64. The van der Waals surface area contributed by atoms with E-state index in [1.165, 1.54) is 35.6 Å². The molecule has 0 saturated heterocycles. The Morgan fingerprint density at radius 1 is 0.634 bits per heavy atom. The van der Waals surface area contributed by atoms with Crippen LogP contribution in [0.5, 0.6) is 0 Å². The maximum atomic E-state index is 11.2. The summed E-state index contributed by atoms with van der Waals surface area (Å²) in [6, 6.07) is 42.3. The van der Waals surface area contributed by atoms with Gasteiger partial charge in [0.05, 0.1) is 6.26 Å². The quantitative estimate of drug-likeness (QED) is 0.135. The van der Waals surface area contributed by atoms with E-state index in [1.54, 1.807) is 12.3 Å². The maximum absolute atomic E-state index is 11.2.